The van der Waals surface area contributed by atoms with Gasteiger partial charge in [-0.3, -0.25) is 19.1 Å². The van der Waals surface area contributed by atoms with Gasteiger partial charge in [-0.2, -0.15) is 5.10 Å². The van der Waals surface area contributed by atoms with Crippen LogP contribution < -0.4 is 16.6 Å². The summed E-state index contributed by atoms with van der Waals surface area (Å²) in [5.74, 6) is 0.114. The van der Waals surface area contributed by atoms with Crippen LogP contribution >= 0.6 is 0 Å². The SMILES string of the molecule is O=C(Nc1ccnn1Cc1ccccc1)c1cnc2c(c1)c(=O)[nH]c(=O)n2C1CC1. The normalized spacial score (nSPS) is 13.5. The van der Waals surface area contributed by atoms with Crippen molar-refractivity contribution in [2.45, 2.75) is 25.4 Å². The average Bonchev–Trinajstić information content (AvgIpc) is 3.49. The molecular formula is C21H18N6O3. The Morgan fingerprint density at radius 1 is 1.17 bits per heavy atom. The lowest BCUT2D eigenvalue weighted by atomic mass is 10.2. The van der Waals surface area contributed by atoms with Crippen molar-refractivity contribution in [1.82, 2.24) is 24.3 Å². The Kier molecular flexibility index (Phi) is 4.27. The third kappa shape index (κ3) is 3.30. The highest BCUT2D eigenvalue weighted by Gasteiger charge is 2.27. The minimum absolute atomic E-state index is 0.0522. The Morgan fingerprint density at radius 3 is 2.73 bits per heavy atom. The molecule has 0 radical (unpaired) electrons. The van der Waals surface area contributed by atoms with Gasteiger partial charge in [0.2, 0.25) is 0 Å². The lowest BCUT2D eigenvalue weighted by molar-refractivity contribution is 0.102. The number of anilines is 1. The van der Waals surface area contributed by atoms with Gasteiger partial charge in [-0.1, -0.05) is 30.3 Å². The maximum atomic E-state index is 12.8. The van der Waals surface area contributed by atoms with E-state index in [0.29, 0.717) is 18.0 Å². The predicted molar refractivity (Wildman–Crippen MR) is 111 cm³/mol. The Hall–Kier alpha value is -4.01. The summed E-state index contributed by atoms with van der Waals surface area (Å²) < 4.78 is 3.17. The zero-order valence-electron chi connectivity index (χ0n) is 15.9. The molecule has 1 aliphatic rings. The quantitative estimate of drug-likeness (QED) is 0.529. The maximum absolute atomic E-state index is 12.8. The van der Waals surface area contributed by atoms with Crippen molar-refractivity contribution in [1.29, 1.82) is 0 Å². The minimum Gasteiger partial charge on any atom is -0.307 e. The molecule has 9 nitrogen and oxygen atoms in total. The van der Waals surface area contributed by atoms with Crippen LogP contribution in [0.2, 0.25) is 0 Å². The third-order valence-electron chi connectivity index (χ3n) is 5.09. The number of carbonyl (C=O) groups is 1. The molecule has 1 aliphatic carbocycles. The molecule has 3 heterocycles. The second kappa shape index (κ2) is 7.11. The zero-order chi connectivity index (χ0) is 20.7. The van der Waals surface area contributed by atoms with Crippen LogP contribution in [0.25, 0.3) is 11.0 Å². The van der Waals surface area contributed by atoms with Crippen LogP contribution in [-0.2, 0) is 6.54 Å². The first-order valence-corrected chi connectivity index (χ1v) is 9.62. The van der Waals surface area contributed by atoms with Crippen molar-refractivity contribution in [3.63, 3.8) is 0 Å². The van der Waals surface area contributed by atoms with Gasteiger partial charge in [-0.25, -0.2) is 14.5 Å². The topological polar surface area (TPSA) is 115 Å². The number of H-pyrrole nitrogens is 1. The van der Waals surface area contributed by atoms with Gasteiger partial charge in [0.1, 0.15) is 11.5 Å². The molecule has 0 unspecified atom stereocenters. The van der Waals surface area contributed by atoms with Crippen LogP contribution in [0.4, 0.5) is 5.82 Å². The Labute approximate surface area is 170 Å². The van der Waals surface area contributed by atoms with Gasteiger partial charge in [0, 0.05) is 18.3 Å². The molecule has 0 spiro atoms. The summed E-state index contributed by atoms with van der Waals surface area (Å²) in [5, 5.41) is 7.29. The van der Waals surface area contributed by atoms with E-state index in [0.717, 1.165) is 18.4 Å². The molecule has 9 heteroatoms. The fraction of sp³-hybridized carbons (Fsp3) is 0.190. The van der Waals surface area contributed by atoms with Crippen LogP contribution in [0.3, 0.4) is 0 Å². The molecule has 0 saturated heterocycles. The minimum atomic E-state index is -0.553. The van der Waals surface area contributed by atoms with E-state index in [4.69, 9.17) is 0 Å². The molecule has 3 aromatic heterocycles. The molecule has 150 valence electrons. The number of nitrogens with zero attached hydrogens (tertiary/aromatic N) is 4. The summed E-state index contributed by atoms with van der Waals surface area (Å²) >= 11 is 0. The second-order valence-corrected chi connectivity index (χ2v) is 7.27. The molecular weight excluding hydrogens is 384 g/mol. The van der Waals surface area contributed by atoms with Crippen LogP contribution in [0.15, 0.2) is 64.4 Å². The fourth-order valence-electron chi connectivity index (χ4n) is 3.44. The number of pyridine rings is 1. The first kappa shape index (κ1) is 18.0. The number of hydrogen-bond acceptors (Lipinski definition) is 5. The Morgan fingerprint density at radius 2 is 1.97 bits per heavy atom. The summed E-state index contributed by atoms with van der Waals surface area (Å²) in [6, 6.07) is 13.0. The highest BCUT2D eigenvalue weighted by Crippen LogP contribution is 2.34. The number of rotatable bonds is 5. The van der Waals surface area contributed by atoms with Gasteiger partial charge in [-0.15, -0.1) is 0 Å². The van der Waals surface area contributed by atoms with Crippen LogP contribution in [0.1, 0.15) is 34.8 Å². The van der Waals surface area contributed by atoms with Crippen molar-refractivity contribution in [3.8, 4) is 0 Å². The van der Waals surface area contributed by atoms with Gasteiger partial charge >= 0.3 is 5.69 Å². The van der Waals surface area contributed by atoms with Crippen molar-refractivity contribution < 1.29 is 4.79 Å². The number of benzene rings is 1. The molecule has 1 fully saturated rings. The van der Waals surface area contributed by atoms with E-state index in [1.165, 1.54) is 16.8 Å². The van der Waals surface area contributed by atoms with Gasteiger partial charge in [0.15, 0.2) is 0 Å². The van der Waals surface area contributed by atoms with Gasteiger partial charge in [0.25, 0.3) is 11.5 Å². The smallest absolute Gasteiger partial charge is 0.307 e. The monoisotopic (exact) mass is 402 g/mol. The maximum Gasteiger partial charge on any atom is 0.330 e. The van der Waals surface area contributed by atoms with E-state index in [-0.39, 0.29) is 17.0 Å². The fourth-order valence-corrected chi connectivity index (χ4v) is 3.44. The third-order valence-corrected chi connectivity index (χ3v) is 5.09. The van der Waals surface area contributed by atoms with E-state index < -0.39 is 17.2 Å². The van der Waals surface area contributed by atoms with E-state index in [2.05, 4.69) is 20.4 Å². The van der Waals surface area contributed by atoms with Crippen LogP contribution in [0.5, 0.6) is 0 Å². The summed E-state index contributed by atoms with van der Waals surface area (Å²) in [5.41, 5.74) is 0.555. The van der Waals surface area contributed by atoms with Crippen LogP contribution in [0, 0.1) is 0 Å². The van der Waals surface area contributed by atoms with E-state index in [1.54, 1.807) is 16.9 Å². The molecule has 2 N–H and O–H groups in total. The van der Waals surface area contributed by atoms with Gasteiger partial charge < -0.3 is 5.32 Å². The Bertz CT molecular complexity index is 1370. The Balaban J connectivity index is 1.44. The molecule has 1 amide bonds. The molecule has 30 heavy (non-hydrogen) atoms. The van der Waals surface area contributed by atoms with E-state index >= 15 is 0 Å². The number of fused-ring (bicyclic) bond motifs is 1. The number of aromatic amines is 1. The molecule has 1 saturated carbocycles. The number of aromatic nitrogens is 5. The summed E-state index contributed by atoms with van der Waals surface area (Å²) in [7, 11) is 0. The second-order valence-electron chi connectivity index (χ2n) is 7.27. The number of amides is 1. The molecule has 0 aliphatic heterocycles. The molecule has 5 rings (SSSR count). The lowest BCUT2D eigenvalue weighted by Crippen LogP contribution is -2.30. The zero-order valence-corrected chi connectivity index (χ0v) is 15.9. The predicted octanol–water partition coefficient (Wildman–Crippen LogP) is 1.92. The first-order valence-electron chi connectivity index (χ1n) is 9.62. The highest BCUT2D eigenvalue weighted by atomic mass is 16.2. The molecule has 4 aromatic rings. The molecule has 0 atom stereocenters. The van der Waals surface area contributed by atoms with Crippen molar-refractivity contribution in [2.75, 3.05) is 5.32 Å². The molecule has 0 bridgehead atoms. The van der Waals surface area contributed by atoms with E-state index in [1.807, 2.05) is 30.3 Å². The first-order chi connectivity index (χ1) is 14.6. The average molecular weight is 402 g/mol. The largest absolute Gasteiger partial charge is 0.330 e. The standard InChI is InChI=1S/C21H18N6O3/c28-19(24-17-8-9-23-26(17)12-13-4-2-1-3-5-13)14-10-16-18(22-11-14)27(15-6-7-15)21(30)25-20(16)29/h1-5,8-11,15H,6-7,12H2,(H,24,28)(H,25,29,30). The van der Waals surface area contributed by atoms with Gasteiger partial charge in [0.05, 0.1) is 23.7 Å². The van der Waals surface area contributed by atoms with Crippen LogP contribution in [-0.4, -0.2) is 30.2 Å². The van der Waals surface area contributed by atoms with Crippen molar-refractivity contribution in [3.05, 3.63) is 86.8 Å². The number of carbonyl (C=O) groups excluding carboxylic acids is 1. The lowest BCUT2D eigenvalue weighted by Gasteiger charge is -2.10. The van der Waals surface area contributed by atoms with Crippen molar-refractivity contribution in [2.24, 2.45) is 0 Å². The summed E-state index contributed by atoms with van der Waals surface area (Å²) in [6.07, 6.45) is 4.73. The van der Waals surface area contributed by atoms with E-state index in [9.17, 15) is 14.4 Å². The number of nitrogens with one attached hydrogen (secondary N) is 2. The number of hydrogen-bond donors (Lipinski definition) is 2. The highest BCUT2D eigenvalue weighted by molar-refractivity contribution is 6.05. The molecule has 1 aromatic carbocycles. The summed E-state index contributed by atoms with van der Waals surface area (Å²) in [6.45, 7) is 0.507. The van der Waals surface area contributed by atoms with Gasteiger partial charge in [-0.05, 0) is 24.5 Å². The summed E-state index contributed by atoms with van der Waals surface area (Å²) in [4.78, 5) is 43.8. The van der Waals surface area contributed by atoms with Crippen molar-refractivity contribution >= 4 is 22.8 Å².